The van der Waals surface area contributed by atoms with Gasteiger partial charge in [-0.15, -0.1) is 0 Å². The zero-order valence-corrected chi connectivity index (χ0v) is 14.4. The average molecular weight is 347 g/mol. The van der Waals surface area contributed by atoms with Gasteiger partial charge in [0.15, 0.2) is 5.65 Å². The maximum absolute atomic E-state index is 10.6. The lowest BCUT2D eigenvalue weighted by Crippen LogP contribution is -2.00. The lowest BCUT2D eigenvalue weighted by atomic mass is 10.00. The van der Waals surface area contributed by atoms with Gasteiger partial charge in [0.1, 0.15) is 17.2 Å². The molecule has 0 aliphatic heterocycles. The maximum Gasteiger partial charge on any atom is 0.155 e. The predicted molar refractivity (Wildman–Crippen MR) is 98.6 cm³/mol. The number of methoxy groups -OCH3 is 2. The van der Waals surface area contributed by atoms with Gasteiger partial charge in [0.25, 0.3) is 0 Å². The summed E-state index contributed by atoms with van der Waals surface area (Å²) in [6.45, 7) is 0. The van der Waals surface area contributed by atoms with Crippen molar-refractivity contribution in [3.05, 3.63) is 60.9 Å². The van der Waals surface area contributed by atoms with Crippen molar-refractivity contribution in [1.82, 2.24) is 14.6 Å². The third kappa shape index (κ3) is 2.61. The summed E-state index contributed by atoms with van der Waals surface area (Å²) in [4.78, 5) is 4.47. The summed E-state index contributed by atoms with van der Waals surface area (Å²) >= 11 is 0. The summed E-state index contributed by atoms with van der Waals surface area (Å²) in [7, 11) is 3.20. The monoisotopic (exact) mass is 347 g/mol. The molecule has 0 amide bonds. The van der Waals surface area contributed by atoms with Gasteiger partial charge in [0, 0.05) is 29.5 Å². The molecule has 2 aromatic heterocycles. The highest BCUT2D eigenvalue weighted by Crippen LogP contribution is 2.38. The number of ether oxygens (including phenoxy) is 2. The van der Waals surface area contributed by atoms with E-state index < -0.39 is 0 Å². The minimum Gasteiger partial charge on any atom is -0.507 e. The lowest BCUT2D eigenvalue weighted by Gasteiger charge is -2.14. The van der Waals surface area contributed by atoms with Crippen LogP contribution in [0.2, 0.25) is 0 Å². The summed E-state index contributed by atoms with van der Waals surface area (Å²) < 4.78 is 12.1. The van der Waals surface area contributed by atoms with Crippen molar-refractivity contribution >= 4 is 5.65 Å². The molecular formula is C20H17N3O3. The van der Waals surface area contributed by atoms with E-state index in [0.717, 1.165) is 22.6 Å². The van der Waals surface area contributed by atoms with Crippen LogP contribution < -0.4 is 9.47 Å². The van der Waals surface area contributed by atoms with Crippen LogP contribution in [-0.4, -0.2) is 33.9 Å². The number of phenolic OH excluding ortho intramolecular Hbond substituents is 1. The summed E-state index contributed by atoms with van der Waals surface area (Å²) in [6, 6.07) is 14.7. The fraction of sp³-hybridized carbons (Fsp3) is 0.100. The van der Waals surface area contributed by atoms with Crippen molar-refractivity contribution in [3.63, 3.8) is 0 Å². The number of phenols is 1. The molecule has 0 aliphatic rings. The highest BCUT2D eigenvalue weighted by molar-refractivity contribution is 5.84. The van der Waals surface area contributed by atoms with Gasteiger partial charge in [-0.05, 0) is 29.8 Å². The average Bonchev–Trinajstić information content (AvgIpc) is 3.16. The lowest BCUT2D eigenvalue weighted by molar-refractivity contribution is 0.408. The fourth-order valence-corrected chi connectivity index (χ4v) is 2.95. The predicted octanol–water partition coefficient (Wildman–Crippen LogP) is 3.79. The molecule has 0 radical (unpaired) electrons. The minimum absolute atomic E-state index is 0.113. The van der Waals surface area contributed by atoms with Gasteiger partial charge in [0.05, 0.1) is 26.1 Å². The molecule has 0 unspecified atom stereocenters. The first-order valence-electron chi connectivity index (χ1n) is 8.06. The Bertz CT molecular complexity index is 1070. The van der Waals surface area contributed by atoms with Crippen molar-refractivity contribution < 1.29 is 14.6 Å². The first-order chi connectivity index (χ1) is 12.7. The Morgan fingerprint density at radius 2 is 1.62 bits per heavy atom. The van der Waals surface area contributed by atoms with E-state index >= 15 is 0 Å². The number of hydrogen-bond acceptors (Lipinski definition) is 5. The van der Waals surface area contributed by atoms with Gasteiger partial charge >= 0.3 is 0 Å². The zero-order chi connectivity index (χ0) is 18.1. The highest BCUT2D eigenvalue weighted by atomic mass is 16.5. The molecule has 4 aromatic rings. The Morgan fingerprint density at radius 1 is 0.885 bits per heavy atom. The molecule has 0 aliphatic carbocycles. The van der Waals surface area contributed by atoms with E-state index in [4.69, 9.17) is 9.47 Å². The normalized spacial score (nSPS) is 10.8. The second-order valence-corrected chi connectivity index (χ2v) is 5.73. The molecule has 2 heterocycles. The molecule has 6 nitrogen and oxygen atoms in total. The summed E-state index contributed by atoms with van der Waals surface area (Å²) in [6.07, 6.45) is 3.47. The van der Waals surface area contributed by atoms with Crippen LogP contribution in [0.3, 0.4) is 0 Å². The van der Waals surface area contributed by atoms with Gasteiger partial charge in [-0.1, -0.05) is 12.1 Å². The Hall–Kier alpha value is -3.54. The first kappa shape index (κ1) is 16.0. The SMILES string of the molecule is COc1ccc(-c2cnc3ccnn3c2-c2ccc(OC)cc2O)cc1. The quantitative estimate of drug-likeness (QED) is 0.608. The van der Waals surface area contributed by atoms with Crippen LogP contribution in [0.4, 0.5) is 0 Å². The Balaban J connectivity index is 1.98. The van der Waals surface area contributed by atoms with Crippen LogP contribution >= 0.6 is 0 Å². The minimum atomic E-state index is 0.113. The standard InChI is InChI=1S/C20H17N3O3/c1-25-14-5-3-13(4-6-14)17-12-21-19-9-10-22-23(19)20(17)16-8-7-15(26-2)11-18(16)24/h3-12,24H,1-2H3. The van der Waals surface area contributed by atoms with Crippen molar-refractivity contribution in [2.24, 2.45) is 0 Å². The Morgan fingerprint density at radius 3 is 2.31 bits per heavy atom. The molecule has 1 N–H and O–H groups in total. The number of fused-ring (bicyclic) bond motifs is 1. The molecule has 0 saturated heterocycles. The van der Waals surface area contributed by atoms with Gasteiger partial charge in [0.2, 0.25) is 0 Å². The van der Waals surface area contributed by atoms with E-state index in [1.165, 1.54) is 0 Å². The van der Waals surface area contributed by atoms with Crippen LogP contribution in [0.25, 0.3) is 28.0 Å². The highest BCUT2D eigenvalue weighted by Gasteiger charge is 2.17. The van der Waals surface area contributed by atoms with Gasteiger partial charge in [-0.3, -0.25) is 0 Å². The topological polar surface area (TPSA) is 68.9 Å². The van der Waals surface area contributed by atoms with Crippen LogP contribution in [0.15, 0.2) is 60.9 Å². The number of benzene rings is 2. The number of hydrogen-bond donors (Lipinski definition) is 1. The maximum atomic E-state index is 10.6. The molecule has 0 atom stereocenters. The summed E-state index contributed by atoms with van der Waals surface area (Å²) in [5.41, 5.74) is 3.90. The van der Waals surface area contributed by atoms with Crippen LogP contribution in [0.5, 0.6) is 17.2 Å². The van der Waals surface area contributed by atoms with E-state index in [0.29, 0.717) is 17.0 Å². The van der Waals surface area contributed by atoms with Crippen molar-refractivity contribution in [3.8, 4) is 39.6 Å². The number of aromatic hydroxyl groups is 1. The van der Waals surface area contributed by atoms with E-state index in [9.17, 15) is 5.11 Å². The van der Waals surface area contributed by atoms with Gasteiger partial charge < -0.3 is 14.6 Å². The van der Waals surface area contributed by atoms with E-state index in [1.807, 2.05) is 42.5 Å². The Kier molecular flexibility index (Phi) is 3.93. The Labute approximate surface area is 150 Å². The second kappa shape index (κ2) is 6.40. The molecular weight excluding hydrogens is 330 g/mol. The van der Waals surface area contributed by atoms with Crippen molar-refractivity contribution in [2.75, 3.05) is 14.2 Å². The first-order valence-corrected chi connectivity index (χ1v) is 8.06. The summed E-state index contributed by atoms with van der Waals surface area (Å²) in [5.74, 6) is 1.47. The number of nitrogens with zero attached hydrogens (tertiary/aromatic N) is 3. The molecule has 0 fully saturated rings. The van der Waals surface area contributed by atoms with Crippen LogP contribution in [-0.2, 0) is 0 Å². The number of rotatable bonds is 4. The van der Waals surface area contributed by atoms with Crippen molar-refractivity contribution in [2.45, 2.75) is 0 Å². The molecule has 0 spiro atoms. The molecule has 0 saturated carbocycles. The van der Waals surface area contributed by atoms with Gasteiger partial charge in [-0.25, -0.2) is 9.50 Å². The molecule has 6 heteroatoms. The molecule has 0 bridgehead atoms. The summed E-state index contributed by atoms with van der Waals surface area (Å²) in [5, 5.41) is 15.0. The molecule has 26 heavy (non-hydrogen) atoms. The smallest absolute Gasteiger partial charge is 0.155 e. The van der Waals surface area contributed by atoms with E-state index in [1.54, 1.807) is 37.2 Å². The van der Waals surface area contributed by atoms with E-state index in [-0.39, 0.29) is 5.75 Å². The van der Waals surface area contributed by atoms with Crippen LogP contribution in [0, 0.1) is 0 Å². The van der Waals surface area contributed by atoms with Crippen molar-refractivity contribution in [1.29, 1.82) is 0 Å². The second-order valence-electron chi connectivity index (χ2n) is 5.73. The number of aromatic nitrogens is 3. The van der Waals surface area contributed by atoms with E-state index in [2.05, 4.69) is 10.1 Å². The molecule has 4 rings (SSSR count). The zero-order valence-electron chi connectivity index (χ0n) is 14.4. The third-order valence-corrected chi connectivity index (χ3v) is 4.28. The van der Waals surface area contributed by atoms with Gasteiger partial charge in [-0.2, -0.15) is 5.10 Å². The largest absolute Gasteiger partial charge is 0.507 e. The molecule has 2 aromatic carbocycles. The third-order valence-electron chi connectivity index (χ3n) is 4.28. The fourth-order valence-electron chi connectivity index (χ4n) is 2.95. The molecule has 130 valence electrons. The van der Waals surface area contributed by atoms with Crippen LogP contribution in [0.1, 0.15) is 0 Å².